The van der Waals surface area contributed by atoms with Gasteiger partial charge < -0.3 is 5.32 Å². The number of carbonyl (C=O) groups excluding carboxylic acids is 1. The van der Waals surface area contributed by atoms with E-state index in [0.717, 1.165) is 4.88 Å². The Morgan fingerprint density at radius 3 is 2.86 bits per heavy atom. The molecule has 78 valence electrons. The number of amides is 1. The van der Waals surface area contributed by atoms with Crippen LogP contribution >= 0.6 is 23.1 Å². The lowest BCUT2D eigenvalue weighted by molar-refractivity contribution is 0.0955. The first-order chi connectivity index (χ1) is 6.55. The smallest absolute Gasteiger partial charge is 0.261 e. The summed E-state index contributed by atoms with van der Waals surface area (Å²) in [5.74, 6) is 0.0297. The molecule has 0 aliphatic carbocycles. The molecule has 0 atom stereocenters. The Balaban J connectivity index is 2.43. The molecule has 0 spiro atoms. The third kappa shape index (κ3) is 3.35. The van der Waals surface area contributed by atoms with Crippen molar-refractivity contribution in [1.29, 1.82) is 0 Å². The maximum absolute atomic E-state index is 11.6. The summed E-state index contributed by atoms with van der Waals surface area (Å²) in [4.78, 5) is 12.3. The largest absolute Gasteiger partial charge is 0.350 e. The third-order valence-electron chi connectivity index (χ3n) is 1.97. The summed E-state index contributed by atoms with van der Waals surface area (Å²) in [5, 5.41) is 4.84. The van der Waals surface area contributed by atoms with Gasteiger partial charge in [0.15, 0.2) is 0 Å². The molecule has 0 aromatic carbocycles. The summed E-state index contributed by atoms with van der Waals surface area (Å²) in [7, 11) is 0. The zero-order valence-electron chi connectivity index (χ0n) is 8.66. The number of nitrogens with one attached hydrogen (secondary N) is 1. The van der Waals surface area contributed by atoms with E-state index in [1.165, 1.54) is 11.3 Å². The first kappa shape index (κ1) is 11.6. The van der Waals surface area contributed by atoms with Gasteiger partial charge in [0.2, 0.25) is 0 Å². The van der Waals surface area contributed by atoms with Crippen molar-refractivity contribution in [3.8, 4) is 0 Å². The summed E-state index contributed by atoms with van der Waals surface area (Å²) >= 11 is 3.23. The lowest BCUT2D eigenvalue weighted by atomic mass is 10.2. The molecule has 0 unspecified atom stereocenters. The van der Waals surface area contributed by atoms with Crippen LogP contribution in [0.3, 0.4) is 0 Å². The summed E-state index contributed by atoms with van der Waals surface area (Å²) in [5.41, 5.74) is 0. The molecular formula is C10H15NOS2. The highest BCUT2D eigenvalue weighted by Gasteiger charge is 2.17. The van der Waals surface area contributed by atoms with Crippen LogP contribution in [0.4, 0.5) is 0 Å². The minimum Gasteiger partial charge on any atom is -0.350 e. The lowest BCUT2D eigenvalue weighted by Crippen LogP contribution is -2.35. The van der Waals surface area contributed by atoms with E-state index < -0.39 is 0 Å². The molecule has 0 fully saturated rings. The predicted octanol–water partition coefficient (Wildman–Crippen LogP) is 2.62. The minimum absolute atomic E-state index is 0.0297. The molecule has 1 aromatic heterocycles. The zero-order valence-corrected chi connectivity index (χ0v) is 10.3. The highest BCUT2D eigenvalue weighted by molar-refractivity contribution is 7.99. The van der Waals surface area contributed by atoms with Crippen molar-refractivity contribution in [1.82, 2.24) is 5.32 Å². The van der Waals surface area contributed by atoms with E-state index in [-0.39, 0.29) is 10.7 Å². The number of hydrogen-bond donors (Lipinski definition) is 1. The number of thioether (sulfide) groups is 1. The molecule has 4 heteroatoms. The van der Waals surface area contributed by atoms with E-state index in [2.05, 4.69) is 25.4 Å². The second-order valence-electron chi connectivity index (χ2n) is 3.62. The molecule has 0 saturated heterocycles. The van der Waals surface area contributed by atoms with Crippen LogP contribution in [0.1, 0.15) is 23.5 Å². The topological polar surface area (TPSA) is 29.1 Å². The van der Waals surface area contributed by atoms with Crippen molar-refractivity contribution in [2.45, 2.75) is 18.6 Å². The molecule has 1 N–H and O–H groups in total. The first-order valence-electron chi connectivity index (χ1n) is 4.42. The van der Waals surface area contributed by atoms with E-state index in [9.17, 15) is 4.79 Å². The van der Waals surface area contributed by atoms with Gasteiger partial charge in [-0.25, -0.2) is 0 Å². The first-order valence-corrected chi connectivity index (χ1v) is 6.52. The Kier molecular flexibility index (Phi) is 4.01. The van der Waals surface area contributed by atoms with Gasteiger partial charge >= 0.3 is 0 Å². The van der Waals surface area contributed by atoms with Crippen LogP contribution in [0.15, 0.2) is 17.5 Å². The molecule has 2 nitrogen and oxygen atoms in total. The summed E-state index contributed by atoms with van der Waals surface area (Å²) in [6, 6.07) is 3.73. The van der Waals surface area contributed by atoms with E-state index in [0.29, 0.717) is 6.54 Å². The lowest BCUT2D eigenvalue weighted by Gasteiger charge is -2.21. The van der Waals surface area contributed by atoms with Gasteiger partial charge in [0, 0.05) is 11.3 Å². The van der Waals surface area contributed by atoms with Crippen molar-refractivity contribution < 1.29 is 4.79 Å². The Hall–Kier alpha value is -0.480. The van der Waals surface area contributed by atoms with Gasteiger partial charge in [-0.1, -0.05) is 6.07 Å². The Labute approximate surface area is 93.1 Å². The van der Waals surface area contributed by atoms with Crippen molar-refractivity contribution in [2.75, 3.05) is 12.8 Å². The van der Waals surface area contributed by atoms with Gasteiger partial charge in [-0.15, -0.1) is 11.3 Å². The fraction of sp³-hybridized carbons (Fsp3) is 0.500. The second-order valence-corrected chi connectivity index (χ2v) is 6.08. The van der Waals surface area contributed by atoms with E-state index in [1.807, 2.05) is 17.5 Å². The van der Waals surface area contributed by atoms with E-state index >= 15 is 0 Å². The fourth-order valence-corrected chi connectivity index (χ4v) is 1.72. The number of carbonyl (C=O) groups is 1. The number of hydrogen-bond acceptors (Lipinski definition) is 3. The number of thiophene rings is 1. The highest BCUT2D eigenvalue weighted by Crippen LogP contribution is 2.19. The zero-order chi connectivity index (χ0) is 10.6. The van der Waals surface area contributed by atoms with Crippen LogP contribution in [-0.4, -0.2) is 23.5 Å². The predicted molar refractivity (Wildman–Crippen MR) is 64.2 cm³/mol. The van der Waals surface area contributed by atoms with E-state index in [4.69, 9.17) is 0 Å². The van der Waals surface area contributed by atoms with Gasteiger partial charge in [-0.2, -0.15) is 11.8 Å². The van der Waals surface area contributed by atoms with Crippen LogP contribution in [0, 0.1) is 0 Å². The average Bonchev–Trinajstić information content (AvgIpc) is 2.67. The molecule has 1 amide bonds. The molecule has 1 rings (SSSR count). The molecule has 0 bridgehead atoms. The summed E-state index contributed by atoms with van der Waals surface area (Å²) in [6.07, 6.45) is 2.05. The maximum atomic E-state index is 11.6. The quantitative estimate of drug-likeness (QED) is 0.860. The molecule has 0 radical (unpaired) electrons. The SMILES string of the molecule is CSC(C)(C)CNC(=O)c1cccs1. The minimum atomic E-state index is 0.0297. The Bertz CT molecular complexity index is 293. The van der Waals surface area contributed by atoms with Gasteiger partial charge in [0.1, 0.15) is 0 Å². The highest BCUT2D eigenvalue weighted by atomic mass is 32.2. The Morgan fingerprint density at radius 2 is 2.36 bits per heavy atom. The second kappa shape index (κ2) is 4.84. The molecule has 1 heterocycles. The Morgan fingerprint density at radius 1 is 1.64 bits per heavy atom. The molecule has 0 aliphatic heterocycles. The fourth-order valence-electron chi connectivity index (χ4n) is 0.860. The van der Waals surface area contributed by atoms with Crippen LogP contribution in [0.25, 0.3) is 0 Å². The molecule has 0 saturated carbocycles. The van der Waals surface area contributed by atoms with Crippen LogP contribution < -0.4 is 5.32 Å². The van der Waals surface area contributed by atoms with Crippen molar-refractivity contribution in [3.63, 3.8) is 0 Å². The monoisotopic (exact) mass is 229 g/mol. The molecule has 0 aliphatic rings. The van der Waals surface area contributed by atoms with Crippen LogP contribution in [-0.2, 0) is 0 Å². The van der Waals surface area contributed by atoms with Crippen LogP contribution in [0.2, 0.25) is 0 Å². The summed E-state index contributed by atoms with van der Waals surface area (Å²) < 4.78 is 0.104. The van der Waals surface area contributed by atoms with Gasteiger partial charge in [0.25, 0.3) is 5.91 Å². The van der Waals surface area contributed by atoms with Crippen molar-refractivity contribution in [3.05, 3.63) is 22.4 Å². The molecule has 14 heavy (non-hydrogen) atoms. The van der Waals surface area contributed by atoms with Crippen LogP contribution in [0.5, 0.6) is 0 Å². The molecular weight excluding hydrogens is 214 g/mol. The summed E-state index contributed by atoms with van der Waals surface area (Å²) in [6.45, 7) is 4.93. The normalized spacial score (nSPS) is 11.4. The van der Waals surface area contributed by atoms with Gasteiger partial charge in [0.05, 0.1) is 4.88 Å². The van der Waals surface area contributed by atoms with Gasteiger partial charge in [-0.3, -0.25) is 4.79 Å². The average molecular weight is 229 g/mol. The number of rotatable bonds is 4. The van der Waals surface area contributed by atoms with E-state index in [1.54, 1.807) is 11.8 Å². The third-order valence-corrected chi connectivity index (χ3v) is 4.09. The maximum Gasteiger partial charge on any atom is 0.261 e. The van der Waals surface area contributed by atoms with Gasteiger partial charge in [-0.05, 0) is 31.5 Å². The standard InChI is InChI=1S/C10H15NOS2/c1-10(2,13-3)7-11-9(12)8-5-4-6-14-8/h4-6H,7H2,1-3H3,(H,11,12). The van der Waals surface area contributed by atoms with Crippen molar-refractivity contribution >= 4 is 29.0 Å². The van der Waals surface area contributed by atoms with Crippen molar-refractivity contribution in [2.24, 2.45) is 0 Å². The molecule has 1 aromatic rings.